The van der Waals surface area contributed by atoms with Gasteiger partial charge in [-0.25, -0.2) is 0 Å². The zero-order chi connectivity index (χ0) is 16.1. The van der Waals surface area contributed by atoms with E-state index < -0.39 is 0 Å². The summed E-state index contributed by atoms with van der Waals surface area (Å²) >= 11 is 0. The van der Waals surface area contributed by atoms with E-state index in [0.717, 1.165) is 24.5 Å². The second-order valence-electron chi connectivity index (χ2n) is 5.32. The van der Waals surface area contributed by atoms with Crippen molar-refractivity contribution in [1.29, 1.82) is 0 Å². The molecule has 0 radical (unpaired) electrons. The molecule has 22 heavy (non-hydrogen) atoms. The van der Waals surface area contributed by atoms with Crippen LogP contribution in [0.3, 0.4) is 0 Å². The fraction of sp³-hybridized carbons (Fsp3) is 0.412. The predicted octanol–water partition coefficient (Wildman–Crippen LogP) is 3.24. The number of anilines is 2. The van der Waals surface area contributed by atoms with Crippen molar-refractivity contribution in [1.82, 2.24) is 9.78 Å². The van der Waals surface area contributed by atoms with Gasteiger partial charge in [-0.15, -0.1) is 0 Å². The summed E-state index contributed by atoms with van der Waals surface area (Å²) in [7, 11) is 0. The van der Waals surface area contributed by atoms with Crippen molar-refractivity contribution in [3.63, 3.8) is 0 Å². The smallest absolute Gasteiger partial charge is 0.248 e. The third-order valence-electron chi connectivity index (χ3n) is 3.78. The molecule has 0 aliphatic carbocycles. The molecule has 5 heteroatoms. The molecule has 2 aromatic rings. The summed E-state index contributed by atoms with van der Waals surface area (Å²) in [5, 5.41) is 7.22. The summed E-state index contributed by atoms with van der Waals surface area (Å²) in [5.74, 6) is -0.0707. The summed E-state index contributed by atoms with van der Waals surface area (Å²) < 4.78 is 1.68. The molecule has 118 valence electrons. The summed E-state index contributed by atoms with van der Waals surface area (Å²) in [5.41, 5.74) is 2.87. The van der Waals surface area contributed by atoms with Crippen molar-refractivity contribution in [3.05, 3.63) is 42.2 Å². The molecule has 0 spiro atoms. The van der Waals surface area contributed by atoms with Crippen LogP contribution in [0.2, 0.25) is 0 Å². The van der Waals surface area contributed by atoms with Gasteiger partial charge in [-0.2, -0.15) is 5.10 Å². The van der Waals surface area contributed by atoms with E-state index in [-0.39, 0.29) is 11.9 Å². The molecule has 1 unspecified atom stereocenters. The number of benzene rings is 1. The molecule has 0 saturated heterocycles. The molecule has 2 rings (SSSR count). The number of carbonyl (C=O) groups excluding carboxylic acids is 1. The number of rotatable bonds is 6. The average molecular weight is 300 g/mol. The molecule has 1 N–H and O–H groups in total. The van der Waals surface area contributed by atoms with Gasteiger partial charge < -0.3 is 10.2 Å². The lowest BCUT2D eigenvalue weighted by molar-refractivity contribution is -0.119. The van der Waals surface area contributed by atoms with Crippen LogP contribution < -0.4 is 10.2 Å². The highest BCUT2D eigenvalue weighted by molar-refractivity contribution is 5.93. The van der Waals surface area contributed by atoms with E-state index in [2.05, 4.69) is 29.2 Å². The van der Waals surface area contributed by atoms with E-state index in [1.165, 1.54) is 5.69 Å². The number of nitrogens with zero attached hydrogens (tertiary/aromatic N) is 3. The van der Waals surface area contributed by atoms with Gasteiger partial charge in [-0.3, -0.25) is 9.48 Å². The Morgan fingerprint density at radius 2 is 1.86 bits per heavy atom. The number of aryl methyl sites for hydroxylation is 1. The van der Waals surface area contributed by atoms with Gasteiger partial charge in [0.2, 0.25) is 5.91 Å². The van der Waals surface area contributed by atoms with Crippen LogP contribution in [-0.4, -0.2) is 28.8 Å². The molecule has 1 aromatic heterocycles. The number of carbonyl (C=O) groups is 1. The lowest BCUT2D eigenvalue weighted by atomic mass is 10.2. The Bertz CT molecular complexity index is 614. The van der Waals surface area contributed by atoms with Gasteiger partial charge in [0.1, 0.15) is 6.04 Å². The first-order valence-electron chi connectivity index (χ1n) is 7.72. The second-order valence-corrected chi connectivity index (χ2v) is 5.32. The molecule has 1 amide bonds. The molecule has 1 aromatic carbocycles. The number of nitrogens with one attached hydrogen (secondary N) is 1. The zero-order valence-corrected chi connectivity index (χ0v) is 13.7. The fourth-order valence-corrected chi connectivity index (χ4v) is 2.36. The van der Waals surface area contributed by atoms with Crippen LogP contribution in [0.4, 0.5) is 11.4 Å². The zero-order valence-electron chi connectivity index (χ0n) is 13.7. The van der Waals surface area contributed by atoms with Crippen molar-refractivity contribution in [2.75, 3.05) is 23.3 Å². The third kappa shape index (κ3) is 3.67. The lowest BCUT2D eigenvalue weighted by Gasteiger charge is -2.21. The first-order valence-corrected chi connectivity index (χ1v) is 7.72. The first kappa shape index (κ1) is 16.1. The maximum absolute atomic E-state index is 12.3. The number of hydrogen-bond donors (Lipinski definition) is 1. The Morgan fingerprint density at radius 3 is 2.36 bits per heavy atom. The summed E-state index contributed by atoms with van der Waals surface area (Å²) in [6, 6.07) is 9.50. The van der Waals surface area contributed by atoms with Crippen LogP contribution in [0.1, 0.15) is 32.5 Å². The Morgan fingerprint density at radius 1 is 1.23 bits per heavy atom. The van der Waals surface area contributed by atoms with E-state index in [9.17, 15) is 4.79 Å². The summed E-state index contributed by atoms with van der Waals surface area (Å²) in [6.07, 6.45) is 1.82. The van der Waals surface area contributed by atoms with E-state index in [1.54, 1.807) is 4.68 Å². The monoisotopic (exact) mass is 300 g/mol. The Balaban J connectivity index is 2.02. The average Bonchev–Trinajstić information content (AvgIpc) is 2.96. The van der Waals surface area contributed by atoms with Gasteiger partial charge in [0.05, 0.1) is 5.69 Å². The van der Waals surface area contributed by atoms with Gasteiger partial charge >= 0.3 is 0 Å². The molecular formula is C17H24N4O. The maximum atomic E-state index is 12.3. The van der Waals surface area contributed by atoms with Crippen molar-refractivity contribution < 1.29 is 4.79 Å². The lowest BCUT2D eigenvalue weighted by Crippen LogP contribution is -2.24. The summed E-state index contributed by atoms with van der Waals surface area (Å²) in [4.78, 5) is 14.5. The Hall–Kier alpha value is -2.30. The Kier molecular flexibility index (Phi) is 5.20. The van der Waals surface area contributed by atoms with E-state index in [0.29, 0.717) is 0 Å². The highest BCUT2D eigenvalue weighted by Crippen LogP contribution is 2.18. The SMILES string of the molecule is CCN(CC)c1ccc(NC(=O)C(C)n2ccc(C)n2)cc1. The van der Waals surface area contributed by atoms with E-state index in [1.807, 2.05) is 50.4 Å². The van der Waals surface area contributed by atoms with Crippen LogP contribution in [0.5, 0.6) is 0 Å². The minimum Gasteiger partial charge on any atom is -0.372 e. The normalized spacial score (nSPS) is 12.0. The van der Waals surface area contributed by atoms with Crippen molar-refractivity contribution in [2.45, 2.75) is 33.7 Å². The molecule has 1 atom stereocenters. The largest absolute Gasteiger partial charge is 0.372 e. The first-order chi connectivity index (χ1) is 10.5. The van der Waals surface area contributed by atoms with Gasteiger partial charge in [-0.05, 0) is 58.0 Å². The van der Waals surface area contributed by atoms with Gasteiger partial charge in [0.15, 0.2) is 0 Å². The topological polar surface area (TPSA) is 50.2 Å². The van der Waals surface area contributed by atoms with Crippen LogP contribution in [-0.2, 0) is 4.79 Å². The minimum atomic E-state index is -0.337. The molecule has 0 aliphatic rings. The van der Waals surface area contributed by atoms with E-state index in [4.69, 9.17) is 0 Å². The number of amides is 1. The standard InChI is InChI=1S/C17H24N4O/c1-5-20(6-2)16-9-7-15(8-10-16)18-17(22)14(4)21-12-11-13(3)19-21/h7-12,14H,5-6H2,1-4H3,(H,18,22). The molecule has 0 saturated carbocycles. The number of hydrogen-bond acceptors (Lipinski definition) is 3. The Labute approximate surface area is 131 Å². The molecule has 0 aliphatic heterocycles. The van der Waals surface area contributed by atoms with Crippen LogP contribution in [0, 0.1) is 6.92 Å². The second kappa shape index (κ2) is 7.11. The van der Waals surface area contributed by atoms with Crippen LogP contribution in [0.25, 0.3) is 0 Å². The van der Waals surface area contributed by atoms with Crippen LogP contribution in [0.15, 0.2) is 36.5 Å². The predicted molar refractivity (Wildman–Crippen MR) is 90.3 cm³/mol. The molecule has 1 heterocycles. The molecule has 0 bridgehead atoms. The van der Waals surface area contributed by atoms with E-state index >= 15 is 0 Å². The van der Waals surface area contributed by atoms with Crippen LogP contribution >= 0.6 is 0 Å². The molecule has 5 nitrogen and oxygen atoms in total. The van der Waals surface area contributed by atoms with Crippen molar-refractivity contribution in [3.8, 4) is 0 Å². The highest BCUT2D eigenvalue weighted by Gasteiger charge is 2.15. The van der Waals surface area contributed by atoms with Gasteiger partial charge in [0, 0.05) is 30.7 Å². The van der Waals surface area contributed by atoms with Crippen molar-refractivity contribution >= 4 is 17.3 Å². The van der Waals surface area contributed by atoms with Gasteiger partial charge in [0.25, 0.3) is 0 Å². The molecular weight excluding hydrogens is 276 g/mol. The maximum Gasteiger partial charge on any atom is 0.248 e. The van der Waals surface area contributed by atoms with Gasteiger partial charge in [-0.1, -0.05) is 0 Å². The highest BCUT2D eigenvalue weighted by atomic mass is 16.2. The molecule has 0 fully saturated rings. The van der Waals surface area contributed by atoms with Crippen molar-refractivity contribution in [2.24, 2.45) is 0 Å². The summed E-state index contributed by atoms with van der Waals surface area (Å²) in [6.45, 7) is 9.95. The minimum absolute atomic E-state index is 0.0707. The number of aromatic nitrogens is 2. The third-order valence-corrected chi connectivity index (χ3v) is 3.78. The fourth-order valence-electron chi connectivity index (χ4n) is 2.36. The quantitative estimate of drug-likeness (QED) is 0.891.